The zero-order valence-electron chi connectivity index (χ0n) is 11.8. The van der Waals surface area contributed by atoms with Gasteiger partial charge in [0.1, 0.15) is 0 Å². The van der Waals surface area contributed by atoms with Gasteiger partial charge in [0.2, 0.25) is 0 Å². The molecule has 1 aromatic heterocycles. The van der Waals surface area contributed by atoms with Crippen LogP contribution in [-0.2, 0) is 0 Å². The summed E-state index contributed by atoms with van der Waals surface area (Å²) >= 11 is 7.92. The van der Waals surface area contributed by atoms with Gasteiger partial charge >= 0.3 is 0 Å². The molecule has 4 atom stereocenters. The highest BCUT2D eigenvalue weighted by molar-refractivity contribution is 7.22. The van der Waals surface area contributed by atoms with E-state index in [0.717, 1.165) is 22.4 Å². The summed E-state index contributed by atoms with van der Waals surface area (Å²) in [7, 11) is 0. The molecule has 5 heterocycles. The first-order chi connectivity index (χ1) is 10.2. The summed E-state index contributed by atoms with van der Waals surface area (Å²) < 4.78 is 1.21. The maximum absolute atomic E-state index is 6.11. The summed E-state index contributed by atoms with van der Waals surface area (Å²) in [6, 6.07) is 6.69. The molecule has 4 unspecified atom stereocenters. The van der Waals surface area contributed by atoms with Crippen LogP contribution in [0.1, 0.15) is 12.8 Å². The Morgan fingerprint density at radius 3 is 2.90 bits per heavy atom. The second-order valence-electron chi connectivity index (χ2n) is 6.84. The number of fused-ring (bicyclic) bond motifs is 2. The molecule has 0 amide bonds. The number of piperidine rings is 2. The molecule has 1 aromatic carbocycles. The van der Waals surface area contributed by atoms with Crippen LogP contribution in [0, 0.1) is 11.8 Å². The van der Waals surface area contributed by atoms with E-state index in [2.05, 4.69) is 9.80 Å². The second-order valence-corrected chi connectivity index (χ2v) is 8.28. The van der Waals surface area contributed by atoms with Gasteiger partial charge in [-0.2, -0.15) is 0 Å². The van der Waals surface area contributed by atoms with Gasteiger partial charge in [-0.25, -0.2) is 4.98 Å². The fourth-order valence-electron chi connectivity index (χ4n) is 4.53. The lowest BCUT2D eigenvalue weighted by atomic mass is 9.84. The lowest BCUT2D eigenvalue weighted by molar-refractivity contribution is 0.0980. The van der Waals surface area contributed by atoms with E-state index < -0.39 is 0 Å². The van der Waals surface area contributed by atoms with Crippen LogP contribution < -0.4 is 4.90 Å². The third kappa shape index (κ3) is 2.07. The summed E-state index contributed by atoms with van der Waals surface area (Å²) in [5.74, 6) is 1.74. The maximum Gasteiger partial charge on any atom is 0.186 e. The van der Waals surface area contributed by atoms with Crippen LogP contribution in [0.5, 0.6) is 0 Å². The first-order valence-corrected chi connectivity index (χ1v) is 8.99. The summed E-state index contributed by atoms with van der Waals surface area (Å²) in [4.78, 5) is 10.2. The molecule has 0 spiro atoms. The van der Waals surface area contributed by atoms with E-state index in [0.29, 0.717) is 6.04 Å². The molecule has 4 aliphatic rings. The van der Waals surface area contributed by atoms with Crippen molar-refractivity contribution >= 4 is 38.3 Å². The standard InChI is InChI=1S/C16H18ClN3S/c17-12-1-2-14-15(5-12)21-16(18-14)20-8-11-3-10-4-13(20)9-19(6-10)7-11/h1-2,5,10-11,13H,3-4,6-9H2. The fourth-order valence-corrected chi connectivity index (χ4v) is 5.85. The minimum atomic E-state index is 0.660. The van der Waals surface area contributed by atoms with Crippen LogP contribution in [0.15, 0.2) is 18.2 Å². The Bertz CT molecular complexity index is 686. The molecule has 6 rings (SSSR count). The number of hydrogen-bond donors (Lipinski definition) is 0. The molecule has 3 nitrogen and oxygen atoms in total. The van der Waals surface area contributed by atoms with Crippen molar-refractivity contribution in [3.05, 3.63) is 23.2 Å². The van der Waals surface area contributed by atoms with Crippen molar-refractivity contribution in [2.75, 3.05) is 31.1 Å². The molecule has 0 radical (unpaired) electrons. The molecular formula is C16H18ClN3S. The number of anilines is 1. The lowest BCUT2D eigenvalue weighted by Crippen LogP contribution is -2.49. The molecule has 110 valence electrons. The normalized spacial score (nSPS) is 34.6. The predicted octanol–water partition coefficient (Wildman–Crippen LogP) is 3.48. The molecule has 0 saturated carbocycles. The SMILES string of the molecule is Clc1ccc2nc(N3CC4CC5CC3CN(C5)C4)sc2c1. The van der Waals surface area contributed by atoms with E-state index in [9.17, 15) is 0 Å². The Morgan fingerprint density at radius 1 is 1.10 bits per heavy atom. The lowest BCUT2D eigenvalue weighted by Gasteiger charge is -2.41. The van der Waals surface area contributed by atoms with E-state index in [-0.39, 0.29) is 0 Å². The van der Waals surface area contributed by atoms with Crippen molar-refractivity contribution in [3.8, 4) is 0 Å². The molecular weight excluding hydrogens is 302 g/mol. The number of hydrogen-bond acceptors (Lipinski definition) is 4. The van der Waals surface area contributed by atoms with Gasteiger partial charge in [-0.1, -0.05) is 22.9 Å². The Balaban J connectivity index is 1.56. The minimum Gasteiger partial charge on any atom is -0.343 e. The summed E-state index contributed by atoms with van der Waals surface area (Å²) in [5.41, 5.74) is 1.09. The molecule has 21 heavy (non-hydrogen) atoms. The van der Waals surface area contributed by atoms with E-state index in [1.54, 1.807) is 11.3 Å². The van der Waals surface area contributed by atoms with Crippen molar-refractivity contribution in [2.45, 2.75) is 18.9 Å². The number of benzene rings is 1. The number of rotatable bonds is 1. The number of halogens is 1. The van der Waals surface area contributed by atoms with Crippen LogP contribution in [0.2, 0.25) is 5.02 Å². The molecule has 0 N–H and O–H groups in total. The van der Waals surface area contributed by atoms with Gasteiger partial charge in [-0.15, -0.1) is 0 Å². The summed E-state index contributed by atoms with van der Waals surface area (Å²) in [6.07, 6.45) is 2.77. The van der Waals surface area contributed by atoms with Gasteiger partial charge in [0.25, 0.3) is 0 Å². The smallest absolute Gasteiger partial charge is 0.186 e. The van der Waals surface area contributed by atoms with Gasteiger partial charge in [-0.05, 0) is 42.9 Å². The molecule has 4 aliphatic heterocycles. The predicted molar refractivity (Wildman–Crippen MR) is 88.4 cm³/mol. The fraction of sp³-hybridized carbons (Fsp3) is 0.562. The Kier molecular flexibility index (Phi) is 2.76. The van der Waals surface area contributed by atoms with E-state index in [1.807, 2.05) is 18.2 Å². The average molecular weight is 320 g/mol. The van der Waals surface area contributed by atoms with Gasteiger partial charge in [-0.3, -0.25) is 0 Å². The highest BCUT2D eigenvalue weighted by atomic mass is 35.5. The quantitative estimate of drug-likeness (QED) is 0.802. The highest BCUT2D eigenvalue weighted by Crippen LogP contribution is 2.40. The van der Waals surface area contributed by atoms with Crippen molar-refractivity contribution in [2.24, 2.45) is 11.8 Å². The van der Waals surface area contributed by atoms with Gasteiger partial charge in [0, 0.05) is 37.2 Å². The van der Waals surface area contributed by atoms with Crippen molar-refractivity contribution in [1.29, 1.82) is 0 Å². The highest BCUT2D eigenvalue weighted by Gasteiger charge is 2.42. The first kappa shape index (κ1) is 12.7. The van der Waals surface area contributed by atoms with E-state index in [1.165, 1.54) is 48.9 Å². The largest absolute Gasteiger partial charge is 0.343 e. The number of aromatic nitrogens is 1. The minimum absolute atomic E-state index is 0.660. The van der Waals surface area contributed by atoms with Crippen molar-refractivity contribution in [1.82, 2.24) is 9.88 Å². The first-order valence-electron chi connectivity index (χ1n) is 7.80. The zero-order chi connectivity index (χ0) is 14.0. The second kappa shape index (κ2) is 4.58. The van der Waals surface area contributed by atoms with Crippen LogP contribution in [0.25, 0.3) is 10.2 Å². The zero-order valence-corrected chi connectivity index (χ0v) is 13.4. The van der Waals surface area contributed by atoms with Crippen LogP contribution in [0.3, 0.4) is 0 Å². The molecule has 2 aromatic rings. The number of nitrogens with zero attached hydrogens (tertiary/aromatic N) is 3. The Hall–Kier alpha value is -0.840. The average Bonchev–Trinajstić information content (AvgIpc) is 2.76. The maximum atomic E-state index is 6.11. The summed E-state index contributed by atoms with van der Waals surface area (Å²) in [5, 5.41) is 2.01. The van der Waals surface area contributed by atoms with E-state index in [4.69, 9.17) is 16.6 Å². The van der Waals surface area contributed by atoms with Crippen molar-refractivity contribution < 1.29 is 0 Å². The topological polar surface area (TPSA) is 19.4 Å². The molecule has 4 bridgehead atoms. The molecule has 4 saturated heterocycles. The molecule has 0 aliphatic carbocycles. The molecule has 4 fully saturated rings. The molecule has 5 heteroatoms. The van der Waals surface area contributed by atoms with Gasteiger partial charge in [0.15, 0.2) is 5.13 Å². The van der Waals surface area contributed by atoms with E-state index >= 15 is 0 Å². The Morgan fingerprint density at radius 2 is 2.00 bits per heavy atom. The van der Waals surface area contributed by atoms with Crippen LogP contribution in [-0.4, -0.2) is 42.1 Å². The van der Waals surface area contributed by atoms with Gasteiger partial charge < -0.3 is 9.80 Å². The van der Waals surface area contributed by atoms with Gasteiger partial charge in [0.05, 0.1) is 10.2 Å². The third-order valence-electron chi connectivity index (χ3n) is 5.25. The van der Waals surface area contributed by atoms with Crippen LogP contribution >= 0.6 is 22.9 Å². The third-order valence-corrected chi connectivity index (χ3v) is 6.54. The Labute approximate surface area is 133 Å². The van der Waals surface area contributed by atoms with Crippen molar-refractivity contribution in [3.63, 3.8) is 0 Å². The monoisotopic (exact) mass is 319 g/mol. The van der Waals surface area contributed by atoms with Crippen LogP contribution in [0.4, 0.5) is 5.13 Å². The summed E-state index contributed by atoms with van der Waals surface area (Å²) in [6.45, 7) is 5.03. The number of thiazole rings is 1.